The molecule has 21 heavy (non-hydrogen) atoms. The monoisotopic (exact) mass is 310 g/mol. The fourth-order valence-electron chi connectivity index (χ4n) is 1.63. The maximum Gasteiger partial charge on any atom is 0.341 e. The maximum absolute atomic E-state index is 13.7. The number of ether oxygens (including phenoxy) is 1. The zero-order valence-electron chi connectivity index (χ0n) is 11.0. The standard InChI is InChI=1S/C14H11FO5S/c1-19-14(18)9-4-5-20-11(9)7-21-12-6-8(13(16)17)2-3-10(12)15/h2-6H,7H2,1H3,(H,16,17). The Hall–Kier alpha value is -2.28. The lowest BCUT2D eigenvalue weighted by atomic mass is 10.2. The van der Waals surface area contributed by atoms with Gasteiger partial charge in [0, 0.05) is 4.90 Å². The Bertz CT molecular complexity index is 680. The molecule has 0 aliphatic heterocycles. The highest BCUT2D eigenvalue weighted by atomic mass is 32.2. The number of carboxylic acid groups (broad SMARTS) is 1. The Morgan fingerprint density at radius 3 is 2.81 bits per heavy atom. The number of halogens is 1. The minimum atomic E-state index is -1.13. The lowest BCUT2D eigenvalue weighted by molar-refractivity contribution is 0.0597. The Morgan fingerprint density at radius 1 is 1.38 bits per heavy atom. The summed E-state index contributed by atoms with van der Waals surface area (Å²) in [6.45, 7) is 0. The molecule has 1 heterocycles. The summed E-state index contributed by atoms with van der Waals surface area (Å²) in [6, 6.07) is 4.98. The van der Waals surface area contributed by atoms with E-state index >= 15 is 0 Å². The summed E-state index contributed by atoms with van der Waals surface area (Å²) in [7, 11) is 1.25. The first-order chi connectivity index (χ1) is 10.0. The van der Waals surface area contributed by atoms with Crippen molar-refractivity contribution in [3.63, 3.8) is 0 Å². The molecule has 1 aromatic carbocycles. The lowest BCUT2D eigenvalue weighted by Crippen LogP contribution is -2.02. The van der Waals surface area contributed by atoms with E-state index in [1.807, 2.05) is 0 Å². The smallest absolute Gasteiger partial charge is 0.341 e. The maximum atomic E-state index is 13.7. The minimum absolute atomic E-state index is 0.00784. The lowest BCUT2D eigenvalue weighted by Gasteiger charge is -2.04. The van der Waals surface area contributed by atoms with Gasteiger partial charge in [0.1, 0.15) is 17.1 Å². The minimum Gasteiger partial charge on any atom is -0.478 e. The molecule has 0 amide bonds. The predicted octanol–water partition coefficient (Wildman–Crippen LogP) is 3.20. The number of methoxy groups -OCH3 is 1. The normalized spacial score (nSPS) is 10.4. The zero-order valence-corrected chi connectivity index (χ0v) is 11.8. The van der Waals surface area contributed by atoms with Crippen LogP contribution in [0.2, 0.25) is 0 Å². The molecule has 2 rings (SSSR count). The topological polar surface area (TPSA) is 76.7 Å². The summed E-state index contributed by atoms with van der Waals surface area (Å²) in [5, 5.41) is 8.89. The van der Waals surface area contributed by atoms with Crippen LogP contribution >= 0.6 is 11.8 Å². The summed E-state index contributed by atoms with van der Waals surface area (Å²) in [6.07, 6.45) is 1.34. The molecule has 0 unspecified atom stereocenters. The number of esters is 1. The number of aromatic carboxylic acids is 1. The van der Waals surface area contributed by atoms with Gasteiger partial charge in [-0.15, -0.1) is 11.8 Å². The quantitative estimate of drug-likeness (QED) is 0.675. The summed E-state index contributed by atoms with van der Waals surface area (Å²) < 4.78 is 23.4. The van der Waals surface area contributed by atoms with Crippen molar-refractivity contribution >= 4 is 23.7 Å². The second-order valence-corrected chi connectivity index (χ2v) is 5.01. The molecule has 1 N–H and O–H groups in total. The average molecular weight is 310 g/mol. The Kier molecular flexibility index (Phi) is 4.64. The molecule has 5 nitrogen and oxygen atoms in total. The van der Waals surface area contributed by atoms with Crippen molar-refractivity contribution in [1.29, 1.82) is 0 Å². The van der Waals surface area contributed by atoms with Crippen LogP contribution in [-0.4, -0.2) is 24.2 Å². The third-order valence-corrected chi connectivity index (χ3v) is 3.72. The highest BCUT2D eigenvalue weighted by Crippen LogP contribution is 2.28. The number of hydrogen-bond donors (Lipinski definition) is 1. The van der Waals surface area contributed by atoms with Crippen LogP contribution in [0.15, 0.2) is 39.8 Å². The average Bonchev–Trinajstić information content (AvgIpc) is 2.93. The zero-order chi connectivity index (χ0) is 15.4. The van der Waals surface area contributed by atoms with Crippen LogP contribution in [-0.2, 0) is 10.5 Å². The molecule has 7 heteroatoms. The van der Waals surface area contributed by atoms with Gasteiger partial charge < -0.3 is 14.3 Å². The first kappa shape index (κ1) is 15.1. The second-order valence-electron chi connectivity index (χ2n) is 3.99. The number of benzene rings is 1. The van der Waals surface area contributed by atoms with E-state index in [1.54, 1.807) is 0 Å². The van der Waals surface area contributed by atoms with Gasteiger partial charge in [0.05, 0.1) is 24.7 Å². The van der Waals surface area contributed by atoms with Gasteiger partial charge in [-0.1, -0.05) is 0 Å². The molecule has 2 aromatic rings. The summed E-state index contributed by atoms with van der Waals surface area (Å²) in [5.74, 6) is -1.69. The van der Waals surface area contributed by atoms with E-state index in [1.165, 1.54) is 31.6 Å². The van der Waals surface area contributed by atoms with Gasteiger partial charge in [-0.3, -0.25) is 0 Å². The van der Waals surface area contributed by atoms with E-state index in [0.29, 0.717) is 5.76 Å². The van der Waals surface area contributed by atoms with Crippen LogP contribution in [0.3, 0.4) is 0 Å². The van der Waals surface area contributed by atoms with Gasteiger partial charge >= 0.3 is 11.9 Å². The molecule has 0 bridgehead atoms. The molecule has 0 saturated carbocycles. The third kappa shape index (κ3) is 3.43. The molecular weight excluding hydrogens is 299 g/mol. The first-order valence-electron chi connectivity index (χ1n) is 5.83. The predicted molar refractivity (Wildman–Crippen MR) is 73.0 cm³/mol. The van der Waals surface area contributed by atoms with Crippen molar-refractivity contribution < 1.29 is 28.2 Å². The fraction of sp³-hybridized carbons (Fsp3) is 0.143. The summed E-state index contributed by atoms with van der Waals surface area (Å²) >= 11 is 1.04. The van der Waals surface area contributed by atoms with Crippen LogP contribution in [0.25, 0.3) is 0 Å². The van der Waals surface area contributed by atoms with E-state index in [2.05, 4.69) is 4.74 Å². The van der Waals surface area contributed by atoms with Crippen molar-refractivity contribution in [2.45, 2.75) is 10.6 Å². The number of carbonyl (C=O) groups is 2. The van der Waals surface area contributed by atoms with Crippen molar-refractivity contribution in [2.75, 3.05) is 7.11 Å². The first-order valence-corrected chi connectivity index (χ1v) is 6.82. The molecule has 0 aliphatic carbocycles. The third-order valence-electron chi connectivity index (χ3n) is 2.69. The Morgan fingerprint density at radius 2 is 2.14 bits per heavy atom. The van der Waals surface area contributed by atoms with Crippen molar-refractivity contribution in [2.24, 2.45) is 0 Å². The van der Waals surface area contributed by atoms with Crippen LogP contribution < -0.4 is 0 Å². The van der Waals surface area contributed by atoms with Crippen molar-refractivity contribution in [3.05, 3.63) is 53.2 Å². The summed E-state index contributed by atoms with van der Waals surface area (Å²) in [4.78, 5) is 22.5. The number of thioether (sulfide) groups is 1. The summed E-state index contributed by atoms with van der Waals surface area (Å²) in [5.41, 5.74) is 0.256. The van der Waals surface area contributed by atoms with E-state index < -0.39 is 17.8 Å². The molecule has 0 aliphatic rings. The highest BCUT2D eigenvalue weighted by molar-refractivity contribution is 7.98. The van der Waals surface area contributed by atoms with Gasteiger partial charge in [0.25, 0.3) is 0 Å². The molecule has 0 atom stereocenters. The van der Waals surface area contributed by atoms with Crippen LogP contribution in [0, 0.1) is 5.82 Å². The molecule has 0 saturated heterocycles. The molecule has 0 spiro atoms. The van der Waals surface area contributed by atoms with E-state index in [0.717, 1.165) is 17.8 Å². The molecule has 0 fully saturated rings. The number of carbonyl (C=O) groups excluding carboxylic acids is 1. The molecular formula is C14H11FO5S. The van der Waals surface area contributed by atoms with Crippen molar-refractivity contribution in [1.82, 2.24) is 0 Å². The van der Waals surface area contributed by atoms with Gasteiger partial charge in [-0.2, -0.15) is 0 Å². The van der Waals surface area contributed by atoms with Gasteiger partial charge in [0.2, 0.25) is 0 Å². The largest absolute Gasteiger partial charge is 0.478 e. The van der Waals surface area contributed by atoms with Crippen molar-refractivity contribution in [3.8, 4) is 0 Å². The number of rotatable bonds is 5. The second kappa shape index (κ2) is 6.45. The molecule has 110 valence electrons. The van der Waals surface area contributed by atoms with E-state index in [-0.39, 0.29) is 21.8 Å². The van der Waals surface area contributed by atoms with Crippen LogP contribution in [0.1, 0.15) is 26.5 Å². The highest BCUT2D eigenvalue weighted by Gasteiger charge is 2.16. The van der Waals surface area contributed by atoms with Gasteiger partial charge in [-0.05, 0) is 24.3 Å². The van der Waals surface area contributed by atoms with Crippen LogP contribution in [0.4, 0.5) is 4.39 Å². The van der Waals surface area contributed by atoms with E-state index in [4.69, 9.17) is 9.52 Å². The Balaban J connectivity index is 2.17. The van der Waals surface area contributed by atoms with Crippen LogP contribution in [0.5, 0.6) is 0 Å². The SMILES string of the molecule is COC(=O)c1ccoc1CSc1cc(C(=O)O)ccc1F. The molecule has 1 aromatic heterocycles. The molecule has 0 radical (unpaired) electrons. The number of hydrogen-bond acceptors (Lipinski definition) is 5. The number of carboxylic acids is 1. The Labute approximate surface area is 123 Å². The van der Waals surface area contributed by atoms with Gasteiger partial charge in [0.15, 0.2) is 0 Å². The van der Waals surface area contributed by atoms with Gasteiger partial charge in [-0.25, -0.2) is 14.0 Å². The fourth-order valence-corrected chi connectivity index (χ4v) is 2.56. The number of furan rings is 1. The van der Waals surface area contributed by atoms with E-state index in [9.17, 15) is 14.0 Å².